The molecule has 1 amide bonds. The average Bonchev–Trinajstić information content (AvgIpc) is 2.49. The van der Waals surface area contributed by atoms with Crippen LogP contribution in [-0.4, -0.2) is 18.1 Å². The minimum absolute atomic E-state index is 0.290. The van der Waals surface area contributed by atoms with Gasteiger partial charge in [0.2, 0.25) is 0 Å². The Morgan fingerprint density at radius 3 is 3.00 bits per heavy atom. The van der Waals surface area contributed by atoms with E-state index < -0.39 is 0 Å². The molecule has 2 heterocycles. The Kier molecular flexibility index (Phi) is 1.43. The molecule has 0 bridgehead atoms. The highest BCUT2D eigenvalue weighted by atomic mass is 16.1. The Morgan fingerprint density at radius 2 is 2.25 bits per heavy atom. The lowest BCUT2D eigenvalue weighted by Gasteiger charge is -2.00. The van der Waals surface area contributed by atoms with E-state index in [-0.39, 0.29) is 5.91 Å². The zero-order valence-electron chi connectivity index (χ0n) is 6.48. The van der Waals surface area contributed by atoms with E-state index in [4.69, 9.17) is 0 Å². The highest BCUT2D eigenvalue weighted by Crippen LogP contribution is 2.22. The van der Waals surface area contributed by atoms with E-state index in [9.17, 15) is 4.79 Å². The van der Waals surface area contributed by atoms with Crippen molar-refractivity contribution in [2.45, 2.75) is 13.3 Å². The predicted octanol–water partition coefficient (Wildman–Crippen LogP) is 1.08. The van der Waals surface area contributed by atoms with Crippen molar-refractivity contribution in [3.8, 4) is 0 Å². The minimum Gasteiger partial charge on any atom is -0.266 e. The molecule has 0 atom stereocenters. The summed E-state index contributed by atoms with van der Waals surface area (Å²) in [5, 5.41) is 7.57. The van der Waals surface area contributed by atoms with Crippen molar-refractivity contribution < 1.29 is 4.79 Å². The summed E-state index contributed by atoms with van der Waals surface area (Å²) < 4.78 is 0. The van der Waals surface area contributed by atoms with Crippen LogP contribution in [0.1, 0.15) is 13.3 Å². The molecule has 5 nitrogen and oxygen atoms in total. The molecule has 0 spiro atoms. The van der Waals surface area contributed by atoms with Gasteiger partial charge in [-0.05, 0) is 6.42 Å². The first-order chi connectivity index (χ1) is 5.83. The summed E-state index contributed by atoms with van der Waals surface area (Å²) in [6.45, 7) is 1.91. The zero-order chi connectivity index (χ0) is 8.55. The first-order valence-corrected chi connectivity index (χ1v) is 3.63. The Labute approximate surface area is 68.6 Å². The molecule has 12 heavy (non-hydrogen) atoms. The third-order valence-electron chi connectivity index (χ3n) is 1.68. The van der Waals surface area contributed by atoms with Gasteiger partial charge in [-0.15, -0.1) is 5.11 Å². The molecule has 0 saturated carbocycles. The third-order valence-corrected chi connectivity index (χ3v) is 1.68. The van der Waals surface area contributed by atoms with Crippen LogP contribution in [0.4, 0.5) is 0 Å². The highest BCUT2D eigenvalue weighted by molar-refractivity contribution is 6.27. The third kappa shape index (κ3) is 0.827. The molecule has 0 N–H and O–H groups in total. The van der Waals surface area contributed by atoms with Gasteiger partial charge in [0.15, 0.2) is 5.84 Å². The Hall–Kier alpha value is -1.65. The van der Waals surface area contributed by atoms with Crippen molar-refractivity contribution in [2.75, 3.05) is 0 Å². The molecule has 2 rings (SSSR count). The number of amides is 1. The van der Waals surface area contributed by atoms with Crippen LogP contribution in [0.3, 0.4) is 0 Å². The van der Waals surface area contributed by atoms with Gasteiger partial charge in [0.1, 0.15) is 11.9 Å². The number of allylic oxidation sites excluding steroid dienone is 1. The Morgan fingerprint density at radius 1 is 1.42 bits per heavy atom. The van der Waals surface area contributed by atoms with Crippen LogP contribution in [0.5, 0.6) is 0 Å². The number of carbonyl (C=O) groups excluding carboxylic acids is 1. The molecule has 0 saturated heterocycles. The normalized spacial score (nSPS) is 20.1. The number of hydrogen-bond acceptors (Lipinski definition) is 4. The summed E-state index contributed by atoms with van der Waals surface area (Å²) in [5.41, 5.74) is 1.13. The summed E-state index contributed by atoms with van der Waals surface area (Å²) in [6.07, 6.45) is 1.89. The van der Waals surface area contributed by atoms with E-state index in [2.05, 4.69) is 20.2 Å². The smallest absolute Gasteiger partial charge is 0.266 e. The second-order valence-electron chi connectivity index (χ2n) is 2.38. The molecular formula is C7H6N4O. The minimum atomic E-state index is -0.290. The fourth-order valence-electron chi connectivity index (χ4n) is 1.09. The van der Waals surface area contributed by atoms with E-state index in [0.717, 1.165) is 0 Å². The van der Waals surface area contributed by atoms with Gasteiger partial charge in [-0.3, -0.25) is 4.79 Å². The molecular weight excluding hydrogens is 156 g/mol. The van der Waals surface area contributed by atoms with Crippen molar-refractivity contribution in [2.24, 2.45) is 20.2 Å². The van der Waals surface area contributed by atoms with E-state index in [0.29, 0.717) is 23.5 Å². The Bertz CT molecular complexity index is 362. The van der Waals surface area contributed by atoms with Crippen LogP contribution in [-0.2, 0) is 4.79 Å². The van der Waals surface area contributed by atoms with E-state index in [1.165, 1.54) is 6.34 Å². The Balaban J connectivity index is 2.54. The second-order valence-corrected chi connectivity index (χ2v) is 2.38. The largest absolute Gasteiger partial charge is 0.284 e. The molecule has 5 heteroatoms. The maximum absolute atomic E-state index is 11.2. The quantitative estimate of drug-likeness (QED) is 0.568. The maximum Gasteiger partial charge on any atom is 0.284 e. The molecule has 0 aromatic heterocycles. The SMILES string of the molecule is CCC1=C2C(=O)N=CN=C2N=N1. The van der Waals surface area contributed by atoms with Gasteiger partial charge in [0, 0.05) is 0 Å². The number of aliphatic imine (C=N–C) groups is 2. The fourth-order valence-corrected chi connectivity index (χ4v) is 1.09. The molecule has 0 fully saturated rings. The number of amidine groups is 1. The van der Waals surface area contributed by atoms with E-state index in [1.807, 2.05) is 6.92 Å². The average molecular weight is 162 g/mol. The topological polar surface area (TPSA) is 66.5 Å². The zero-order valence-corrected chi connectivity index (χ0v) is 6.48. The predicted molar refractivity (Wildman–Crippen MR) is 43.1 cm³/mol. The molecule has 60 valence electrons. The van der Waals surface area contributed by atoms with Crippen molar-refractivity contribution in [3.63, 3.8) is 0 Å². The summed E-state index contributed by atoms with van der Waals surface area (Å²) >= 11 is 0. The van der Waals surface area contributed by atoms with Gasteiger partial charge in [0.25, 0.3) is 5.91 Å². The molecule has 0 radical (unpaired) electrons. The van der Waals surface area contributed by atoms with Crippen LogP contribution in [0.25, 0.3) is 0 Å². The highest BCUT2D eigenvalue weighted by Gasteiger charge is 2.26. The number of carbonyl (C=O) groups is 1. The molecule has 2 aliphatic rings. The van der Waals surface area contributed by atoms with Crippen molar-refractivity contribution >= 4 is 18.1 Å². The first kappa shape index (κ1) is 7.02. The number of azo groups is 1. The first-order valence-electron chi connectivity index (χ1n) is 3.63. The van der Waals surface area contributed by atoms with Crippen LogP contribution in [0, 0.1) is 0 Å². The lowest BCUT2D eigenvalue weighted by atomic mass is 10.1. The molecule has 0 aliphatic carbocycles. The summed E-state index contributed by atoms with van der Waals surface area (Å²) in [4.78, 5) is 18.6. The second kappa shape index (κ2) is 2.44. The number of hydrogen-bond donors (Lipinski definition) is 0. The molecule has 0 aromatic carbocycles. The molecule has 0 aromatic rings. The van der Waals surface area contributed by atoms with Gasteiger partial charge in [-0.25, -0.2) is 4.99 Å². The van der Waals surface area contributed by atoms with E-state index in [1.54, 1.807) is 0 Å². The van der Waals surface area contributed by atoms with Gasteiger partial charge in [0.05, 0.1) is 5.70 Å². The van der Waals surface area contributed by atoms with Crippen LogP contribution in [0.15, 0.2) is 31.5 Å². The van der Waals surface area contributed by atoms with Crippen molar-refractivity contribution in [1.29, 1.82) is 0 Å². The summed E-state index contributed by atoms with van der Waals surface area (Å²) in [6, 6.07) is 0. The van der Waals surface area contributed by atoms with Gasteiger partial charge >= 0.3 is 0 Å². The van der Waals surface area contributed by atoms with Crippen molar-refractivity contribution in [1.82, 2.24) is 0 Å². The van der Waals surface area contributed by atoms with Gasteiger partial charge in [-0.2, -0.15) is 10.1 Å². The van der Waals surface area contributed by atoms with Crippen LogP contribution >= 0.6 is 0 Å². The standard InChI is InChI=1S/C7H6N4O/c1-2-4-5-6(11-10-4)8-3-9-7(5)12/h3H,2H2,1H3. The maximum atomic E-state index is 11.2. The van der Waals surface area contributed by atoms with Gasteiger partial charge < -0.3 is 0 Å². The number of fused-ring (bicyclic) bond motifs is 1. The van der Waals surface area contributed by atoms with Gasteiger partial charge in [-0.1, -0.05) is 6.92 Å². The van der Waals surface area contributed by atoms with Crippen LogP contribution < -0.4 is 0 Å². The van der Waals surface area contributed by atoms with Crippen molar-refractivity contribution in [3.05, 3.63) is 11.3 Å². The van der Waals surface area contributed by atoms with Crippen LogP contribution in [0.2, 0.25) is 0 Å². The fraction of sp³-hybridized carbons (Fsp3) is 0.286. The monoisotopic (exact) mass is 162 g/mol. The molecule has 0 unspecified atom stereocenters. The lowest BCUT2D eigenvalue weighted by molar-refractivity contribution is -0.113. The molecule has 2 aliphatic heterocycles. The number of rotatable bonds is 1. The summed E-state index contributed by atoms with van der Waals surface area (Å²) in [5.74, 6) is 0.105. The number of nitrogens with zero attached hydrogens (tertiary/aromatic N) is 4. The summed E-state index contributed by atoms with van der Waals surface area (Å²) in [7, 11) is 0. The lowest BCUT2D eigenvalue weighted by Crippen LogP contribution is -2.12. The van der Waals surface area contributed by atoms with E-state index >= 15 is 0 Å².